The van der Waals surface area contributed by atoms with E-state index in [4.69, 9.17) is 5.11 Å². The minimum Gasteiger partial charge on any atom is -0.395 e. The number of aliphatic hydroxyl groups excluding tert-OH is 1. The van der Waals surface area contributed by atoms with E-state index in [1.807, 2.05) is 0 Å². The number of fused-ring (bicyclic) bond motifs is 1. The lowest BCUT2D eigenvalue weighted by atomic mass is 10.4. The molecule has 0 fully saturated rings. The van der Waals surface area contributed by atoms with Crippen LogP contribution in [0.1, 0.15) is 0 Å². The lowest BCUT2D eigenvalue weighted by molar-refractivity contribution is -0.120. The monoisotopic (exact) mass is 262 g/mol. The summed E-state index contributed by atoms with van der Waals surface area (Å²) in [5, 5.41) is 19.3. The molecule has 10 heteroatoms. The van der Waals surface area contributed by atoms with Crippen molar-refractivity contribution in [2.24, 2.45) is 0 Å². The lowest BCUT2D eigenvalue weighted by Crippen LogP contribution is -2.37. The fourth-order valence-corrected chi connectivity index (χ4v) is 1.49. The van der Waals surface area contributed by atoms with Gasteiger partial charge in [0.25, 0.3) is 0 Å². The first-order valence-corrected chi connectivity index (χ1v) is 4.96. The standard InChI is InChI=1S/C8H9F3N6O/c9-8(10,11)5-16(1-2-18)7-4-12-3-6-13-14-15-17(6)7/h3-4,18H,1-2,5H2. The molecule has 0 atom stereocenters. The zero-order valence-electron chi connectivity index (χ0n) is 9.04. The number of hydrogen-bond acceptors (Lipinski definition) is 6. The third-order valence-electron chi connectivity index (χ3n) is 2.15. The van der Waals surface area contributed by atoms with Crippen LogP contribution < -0.4 is 4.90 Å². The van der Waals surface area contributed by atoms with Gasteiger partial charge in [0.15, 0.2) is 11.5 Å². The van der Waals surface area contributed by atoms with E-state index in [1.54, 1.807) is 0 Å². The van der Waals surface area contributed by atoms with Crippen molar-refractivity contribution in [2.75, 3.05) is 24.6 Å². The highest BCUT2D eigenvalue weighted by atomic mass is 19.4. The van der Waals surface area contributed by atoms with Crippen molar-refractivity contribution in [3.8, 4) is 0 Å². The largest absolute Gasteiger partial charge is 0.405 e. The van der Waals surface area contributed by atoms with Gasteiger partial charge in [-0.2, -0.15) is 17.7 Å². The first-order chi connectivity index (χ1) is 8.51. The van der Waals surface area contributed by atoms with Gasteiger partial charge >= 0.3 is 6.18 Å². The van der Waals surface area contributed by atoms with Gasteiger partial charge in [-0.3, -0.25) is 4.98 Å². The SMILES string of the molecule is OCCN(CC(F)(F)F)c1cncc2nnnn12. The van der Waals surface area contributed by atoms with E-state index in [9.17, 15) is 13.2 Å². The van der Waals surface area contributed by atoms with Crippen LogP contribution in [0.2, 0.25) is 0 Å². The molecule has 2 aromatic heterocycles. The van der Waals surface area contributed by atoms with Crippen molar-refractivity contribution in [2.45, 2.75) is 6.18 Å². The number of tetrazole rings is 1. The smallest absolute Gasteiger partial charge is 0.395 e. The second-order valence-corrected chi connectivity index (χ2v) is 3.47. The maximum atomic E-state index is 12.4. The van der Waals surface area contributed by atoms with Crippen LogP contribution in [0, 0.1) is 0 Å². The van der Waals surface area contributed by atoms with E-state index in [2.05, 4.69) is 20.5 Å². The predicted molar refractivity (Wildman–Crippen MR) is 53.9 cm³/mol. The molecule has 2 heterocycles. The number of alkyl halides is 3. The van der Waals surface area contributed by atoms with Crippen LogP contribution in [-0.4, -0.2) is 56.0 Å². The summed E-state index contributed by atoms with van der Waals surface area (Å²) < 4.78 is 38.4. The average Bonchev–Trinajstić information content (AvgIpc) is 2.74. The molecular weight excluding hydrogens is 253 g/mol. The Hall–Kier alpha value is -1.97. The second kappa shape index (κ2) is 4.72. The highest BCUT2D eigenvalue weighted by molar-refractivity contribution is 5.46. The third kappa shape index (κ3) is 2.64. The third-order valence-corrected chi connectivity index (χ3v) is 2.15. The zero-order valence-corrected chi connectivity index (χ0v) is 9.04. The number of nitrogens with zero attached hydrogens (tertiary/aromatic N) is 6. The average molecular weight is 262 g/mol. The molecule has 0 saturated heterocycles. The minimum atomic E-state index is -4.40. The quantitative estimate of drug-likeness (QED) is 0.827. The number of rotatable bonds is 4. The summed E-state index contributed by atoms with van der Waals surface area (Å²) in [7, 11) is 0. The van der Waals surface area contributed by atoms with Crippen molar-refractivity contribution in [3.63, 3.8) is 0 Å². The van der Waals surface area contributed by atoms with Crippen LogP contribution in [0.5, 0.6) is 0 Å². The van der Waals surface area contributed by atoms with E-state index in [0.29, 0.717) is 0 Å². The molecule has 18 heavy (non-hydrogen) atoms. The highest BCUT2D eigenvalue weighted by Gasteiger charge is 2.31. The summed E-state index contributed by atoms with van der Waals surface area (Å²) in [4.78, 5) is 4.68. The molecule has 0 bridgehead atoms. The molecule has 0 amide bonds. The maximum absolute atomic E-state index is 12.4. The maximum Gasteiger partial charge on any atom is 0.405 e. The fourth-order valence-electron chi connectivity index (χ4n) is 1.49. The Balaban J connectivity index is 2.38. The summed E-state index contributed by atoms with van der Waals surface area (Å²) in [6, 6.07) is 0. The molecule has 0 aliphatic carbocycles. The number of halogens is 3. The number of hydrogen-bond donors (Lipinski definition) is 1. The highest BCUT2D eigenvalue weighted by Crippen LogP contribution is 2.21. The Morgan fingerprint density at radius 3 is 2.78 bits per heavy atom. The van der Waals surface area contributed by atoms with Crippen LogP contribution in [0.15, 0.2) is 12.4 Å². The van der Waals surface area contributed by atoms with Crippen LogP contribution in [0.3, 0.4) is 0 Å². The fraction of sp³-hybridized carbons (Fsp3) is 0.500. The van der Waals surface area contributed by atoms with Gasteiger partial charge in [-0.25, -0.2) is 0 Å². The molecule has 0 aliphatic heterocycles. The first kappa shape index (κ1) is 12.5. The molecule has 0 aromatic carbocycles. The van der Waals surface area contributed by atoms with E-state index in [1.165, 1.54) is 12.4 Å². The Morgan fingerprint density at radius 1 is 1.33 bits per heavy atom. The summed E-state index contributed by atoms with van der Waals surface area (Å²) in [5.41, 5.74) is 0.234. The van der Waals surface area contributed by atoms with Gasteiger partial charge in [0.2, 0.25) is 0 Å². The van der Waals surface area contributed by atoms with Crippen molar-refractivity contribution < 1.29 is 18.3 Å². The van der Waals surface area contributed by atoms with E-state index in [0.717, 1.165) is 9.42 Å². The van der Waals surface area contributed by atoms with Crippen molar-refractivity contribution in [1.29, 1.82) is 0 Å². The molecule has 7 nitrogen and oxygen atoms in total. The Bertz CT molecular complexity index is 527. The van der Waals surface area contributed by atoms with Crippen LogP contribution in [0.25, 0.3) is 5.65 Å². The first-order valence-electron chi connectivity index (χ1n) is 4.96. The minimum absolute atomic E-state index is 0.0730. The molecule has 0 saturated carbocycles. The molecule has 2 rings (SSSR count). The summed E-state index contributed by atoms with van der Waals surface area (Å²) >= 11 is 0. The van der Waals surface area contributed by atoms with Crippen LogP contribution in [-0.2, 0) is 0 Å². The topological polar surface area (TPSA) is 79.4 Å². The van der Waals surface area contributed by atoms with Gasteiger partial charge in [0, 0.05) is 6.54 Å². The molecule has 2 aromatic rings. The van der Waals surface area contributed by atoms with Gasteiger partial charge < -0.3 is 10.0 Å². The lowest BCUT2D eigenvalue weighted by Gasteiger charge is -2.24. The van der Waals surface area contributed by atoms with Crippen LogP contribution in [0.4, 0.5) is 19.0 Å². The zero-order chi connectivity index (χ0) is 13.2. The van der Waals surface area contributed by atoms with Crippen molar-refractivity contribution >= 4 is 11.5 Å². The normalized spacial score (nSPS) is 12.0. The molecule has 0 unspecified atom stereocenters. The van der Waals surface area contributed by atoms with Crippen molar-refractivity contribution in [1.82, 2.24) is 25.0 Å². The summed E-state index contributed by atoms with van der Waals surface area (Å²) in [6.45, 7) is -1.83. The van der Waals surface area contributed by atoms with E-state index < -0.39 is 19.3 Å². The van der Waals surface area contributed by atoms with Crippen molar-refractivity contribution in [3.05, 3.63) is 12.4 Å². The van der Waals surface area contributed by atoms with Gasteiger partial charge in [0.05, 0.1) is 19.0 Å². The Kier molecular flexibility index (Phi) is 3.28. The number of aromatic nitrogens is 5. The summed E-state index contributed by atoms with van der Waals surface area (Å²) in [6.07, 6.45) is -1.86. The summed E-state index contributed by atoms with van der Waals surface area (Å²) in [5.74, 6) is 0.0730. The van der Waals surface area contributed by atoms with Gasteiger partial charge in [-0.15, -0.1) is 5.10 Å². The van der Waals surface area contributed by atoms with E-state index in [-0.39, 0.29) is 18.0 Å². The molecule has 0 radical (unpaired) electrons. The second-order valence-electron chi connectivity index (χ2n) is 3.47. The molecule has 0 spiro atoms. The number of anilines is 1. The Morgan fingerprint density at radius 2 is 2.11 bits per heavy atom. The Labute approximate surface area is 98.8 Å². The van der Waals surface area contributed by atoms with Gasteiger partial charge in [0.1, 0.15) is 6.54 Å². The number of aliphatic hydroxyl groups is 1. The van der Waals surface area contributed by atoms with Gasteiger partial charge in [-0.05, 0) is 10.4 Å². The van der Waals surface area contributed by atoms with Gasteiger partial charge in [-0.1, -0.05) is 0 Å². The molecule has 0 aliphatic rings. The molecule has 98 valence electrons. The predicted octanol–water partition coefficient (Wildman–Crippen LogP) is -0.120. The van der Waals surface area contributed by atoms with Crippen LogP contribution >= 0.6 is 0 Å². The molecule has 1 N–H and O–H groups in total. The molecular formula is C8H9F3N6O. The van der Waals surface area contributed by atoms with E-state index >= 15 is 0 Å².